The molecule has 0 fully saturated rings. The number of hydrogen-bond donors (Lipinski definition) is 0. The number of benzene rings is 7. The molecule has 0 saturated heterocycles. The van der Waals surface area contributed by atoms with Crippen LogP contribution in [0.2, 0.25) is 0 Å². The van der Waals surface area contributed by atoms with Crippen molar-refractivity contribution in [3.05, 3.63) is 158 Å². The lowest BCUT2D eigenvalue weighted by molar-refractivity contribution is 1.06. The lowest BCUT2D eigenvalue weighted by Gasteiger charge is -2.12. The molecular weight excluding hydrogens is 560 g/mol. The fourth-order valence-corrected chi connectivity index (χ4v) is 7.16. The van der Waals surface area contributed by atoms with Crippen molar-refractivity contribution in [2.24, 2.45) is 0 Å². The maximum Gasteiger partial charge on any atom is 0.221 e. The Balaban J connectivity index is 1.22. The first-order valence-corrected chi connectivity index (χ1v) is 15.6. The van der Waals surface area contributed by atoms with Crippen molar-refractivity contribution in [3.63, 3.8) is 0 Å². The summed E-state index contributed by atoms with van der Waals surface area (Å²) in [5.74, 6) is 1.70. The van der Waals surface area contributed by atoms with Gasteiger partial charge in [-0.15, -0.1) is 0 Å². The van der Waals surface area contributed by atoms with E-state index >= 15 is 0 Å². The minimum absolute atomic E-state index is 0.850. The number of nitrogens with zero attached hydrogens (tertiary/aromatic N) is 4. The van der Waals surface area contributed by atoms with Gasteiger partial charge in [-0.3, -0.25) is 8.97 Å². The predicted octanol–water partition coefficient (Wildman–Crippen LogP) is 10.6. The van der Waals surface area contributed by atoms with Crippen molar-refractivity contribution in [2.75, 3.05) is 0 Å². The van der Waals surface area contributed by atoms with Crippen molar-refractivity contribution in [1.29, 1.82) is 0 Å². The average molecular weight is 587 g/mol. The zero-order valence-corrected chi connectivity index (χ0v) is 24.8. The maximum absolute atomic E-state index is 5.40. The zero-order chi connectivity index (χ0) is 30.2. The van der Waals surface area contributed by atoms with Gasteiger partial charge in [0.1, 0.15) is 5.82 Å². The minimum Gasteiger partial charge on any atom is -0.276 e. The monoisotopic (exact) mass is 586 g/mol. The second-order valence-electron chi connectivity index (χ2n) is 11.9. The molecule has 0 spiro atoms. The normalized spacial score (nSPS) is 11.9. The van der Waals surface area contributed by atoms with E-state index in [0.29, 0.717) is 0 Å². The molecule has 10 aromatic rings. The Labute approximate surface area is 264 Å². The van der Waals surface area contributed by atoms with Crippen LogP contribution in [0.3, 0.4) is 0 Å². The fourth-order valence-electron chi connectivity index (χ4n) is 7.16. The number of rotatable bonds is 3. The van der Waals surface area contributed by atoms with E-state index in [2.05, 4.69) is 161 Å². The average Bonchev–Trinajstić information content (AvgIpc) is 3.66. The third-order valence-electron chi connectivity index (χ3n) is 9.32. The third kappa shape index (κ3) is 3.61. The van der Waals surface area contributed by atoms with Gasteiger partial charge in [-0.2, -0.15) is 0 Å². The van der Waals surface area contributed by atoms with E-state index in [0.717, 1.165) is 55.5 Å². The summed E-state index contributed by atoms with van der Waals surface area (Å²) in [6.45, 7) is 0. The highest BCUT2D eigenvalue weighted by Gasteiger charge is 2.20. The standard InChI is InChI=1S/C42H26N4/c1-2-10-27(11-3-1)28-18-20-29(21-19-28)30-22-24-38-39(26-30)45-37-17-9-8-16-36(37)43-42(45)46(38)40-25-23-35-33-14-5-4-12-31(33)32-13-6-7-15-34(32)41(35)44-40/h1-26H. The molecular formula is C42H26N4. The highest BCUT2D eigenvalue weighted by molar-refractivity contribution is 6.24. The van der Waals surface area contributed by atoms with Gasteiger partial charge in [-0.1, -0.05) is 121 Å². The van der Waals surface area contributed by atoms with Gasteiger partial charge in [0.2, 0.25) is 5.78 Å². The first-order valence-electron chi connectivity index (χ1n) is 15.6. The molecule has 0 atom stereocenters. The summed E-state index contributed by atoms with van der Waals surface area (Å²) in [4.78, 5) is 10.5. The van der Waals surface area contributed by atoms with E-state index in [-0.39, 0.29) is 0 Å². The summed E-state index contributed by atoms with van der Waals surface area (Å²) in [6, 6.07) is 56.0. The highest BCUT2D eigenvalue weighted by Crippen LogP contribution is 2.37. The van der Waals surface area contributed by atoms with E-state index in [1.807, 2.05) is 6.07 Å². The Hall–Kier alpha value is -6.26. The van der Waals surface area contributed by atoms with E-state index in [1.54, 1.807) is 0 Å². The van der Waals surface area contributed by atoms with Crippen LogP contribution in [0, 0.1) is 0 Å². The molecule has 0 aliphatic rings. The Morgan fingerprint density at radius 2 is 0.935 bits per heavy atom. The van der Waals surface area contributed by atoms with Crippen LogP contribution in [-0.2, 0) is 0 Å². The molecule has 7 aromatic carbocycles. The number of aromatic nitrogens is 4. The Bertz CT molecular complexity index is 2750. The Morgan fingerprint density at radius 1 is 0.370 bits per heavy atom. The minimum atomic E-state index is 0.850. The van der Waals surface area contributed by atoms with Crippen molar-refractivity contribution in [2.45, 2.75) is 0 Å². The van der Waals surface area contributed by atoms with Gasteiger partial charge in [0.25, 0.3) is 0 Å². The van der Waals surface area contributed by atoms with Gasteiger partial charge in [0.05, 0.1) is 27.6 Å². The summed E-state index contributed by atoms with van der Waals surface area (Å²) < 4.78 is 4.48. The molecule has 46 heavy (non-hydrogen) atoms. The van der Waals surface area contributed by atoms with Crippen LogP contribution in [0.15, 0.2) is 158 Å². The SMILES string of the molecule is c1ccc(-c2ccc(-c3ccc4c(c3)n3c5ccccc5nc3n4-c3ccc4c5ccccc5c5ccccc5c4n3)cc2)cc1. The van der Waals surface area contributed by atoms with Crippen molar-refractivity contribution < 1.29 is 0 Å². The second kappa shape index (κ2) is 9.62. The molecule has 3 heterocycles. The van der Waals surface area contributed by atoms with Crippen LogP contribution >= 0.6 is 0 Å². The molecule has 0 unspecified atom stereocenters. The van der Waals surface area contributed by atoms with Gasteiger partial charge in [-0.25, -0.2) is 9.97 Å². The van der Waals surface area contributed by atoms with E-state index < -0.39 is 0 Å². The maximum atomic E-state index is 5.40. The molecule has 0 N–H and O–H groups in total. The van der Waals surface area contributed by atoms with E-state index in [9.17, 15) is 0 Å². The van der Waals surface area contributed by atoms with Crippen LogP contribution in [0.4, 0.5) is 0 Å². The van der Waals surface area contributed by atoms with Crippen molar-refractivity contribution >= 4 is 60.3 Å². The Morgan fingerprint density at radius 3 is 1.70 bits per heavy atom. The first-order chi connectivity index (χ1) is 22.8. The molecule has 0 saturated carbocycles. The summed E-state index contributed by atoms with van der Waals surface area (Å²) in [7, 11) is 0. The van der Waals surface area contributed by atoms with Crippen LogP contribution in [0.5, 0.6) is 0 Å². The molecule has 0 radical (unpaired) electrons. The fraction of sp³-hybridized carbons (Fsp3) is 0. The molecule has 0 aliphatic heterocycles. The molecule has 0 amide bonds. The molecule has 10 rings (SSSR count). The molecule has 0 bridgehead atoms. The molecule has 0 aliphatic carbocycles. The number of hydrogen-bond acceptors (Lipinski definition) is 2. The van der Waals surface area contributed by atoms with Gasteiger partial charge >= 0.3 is 0 Å². The van der Waals surface area contributed by atoms with Gasteiger partial charge in [0, 0.05) is 10.8 Å². The van der Waals surface area contributed by atoms with Crippen molar-refractivity contribution in [1.82, 2.24) is 18.9 Å². The predicted molar refractivity (Wildman–Crippen MR) is 191 cm³/mol. The van der Waals surface area contributed by atoms with Crippen LogP contribution < -0.4 is 0 Å². The van der Waals surface area contributed by atoms with Crippen molar-refractivity contribution in [3.8, 4) is 28.1 Å². The van der Waals surface area contributed by atoms with Crippen LogP contribution in [0.1, 0.15) is 0 Å². The number of imidazole rings is 2. The lowest BCUT2D eigenvalue weighted by atomic mass is 9.97. The van der Waals surface area contributed by atoms with Gasteiger partial charge < -0.3 is 0 Å². The van der Waals surface area contributed by atoms with Gasteiger partial charge in [0.15, 0.2) is 0 Å². The topological polar surface area (TPSA) is 35.1 Å². The smallest absolute Gasteiger partial charge is 0.221 e. The third-order valence-corrected chi connectivity index (χ3v) is 9.32. The molecule has 214 valence electrons. The molecule has 4 nitrogen and oxygen atoms in total. The van der Waals surface area contributed by atoms with Crippen LogP contribution in [-0.4, -0.2) is 18.9 Å². The summed E-state index contributed by atoms with van der Waals surface area (Å²) >= 11 is 0. The first kappa shape index (κ1) is 25.1. The summed E-state index contributed by atoms with van der Waals surface area (Å²) in [5, 5.41) is 5.98. The zero-order valence-electron chi connectivity index (χ0n) is 24.8. The highest BCUT2D eigenvalue weighted by atomic mass is 15.2. The largest absolute Gasteiger partial charge is 0.276 e. The number of pyridine rings is 1. The Kier molecular flexibility index (Phi) is 5.25. The van der Waals surface area contributed by atoms with Gasteiger partial charge in [-0.05, 0) is 74.8 Å². The van der Waals surface area contributed by atoms with E-state index in [1.165, 1.54) is 32.8 Å². The second-order valence-corrected chi connectivity index (χ2v) is 11.9. The summed E-state index contributed by atoms with van der Waals surface area (Å²) in [6.07, 6.45) is 0. The molecule has 3 aromatic heterocycles. The number of fused-ring (bicyclic) bond motifs is 11. The molecule has 4 heteroatoms. The summed E-state index contributed by atoms with van der Waals surface area (Å²) in [5.41, 5.74) is 9.96. The van der Waals surface area contributed by atoms with E-state index in [4.69, 9.17) is 9.97 Å². The lowest BCUT2D eigenvalue weighted by Crippen LogP contribution is -1.99. The van der Waals surface area contributed by atoms with Crippen LogP contribution in [0.25, 0.3) is 88.4 Å². The number of para-hydroxylation sites is 2. The quantitative estimate of drug-likeness (QED) is 0.193.